The second kappa shape index (κ2) is 11.6. The number of hydrogen-bond donors (Lipinski definition) is 1. The quantitative estimate of drug-likeness (QED) is 0.211. The first-order valence-electron chi connectivity index (χ1n) is 16.0. The number of aryl methyl sites for hydroxylation is 1. The molecule has 8 nitrogen and oxygen atoms in total. The van der Waals surface area contributed by atoms with E-state index in [1.54, 1.807) is 35.4 Å². The molecule has 48 heavy (non-hydrogen) atoms. The Morgan fingerprint density at radius 2 is 1.56 bits per heavy atom. The van der Waals surface area contributed by atoms with Gasteiger partial charge in [-0.1, -0.05) is 48.5 Å². The first-order chi connectivity index (χ1) is 23.4. The molecule has 0 bridgehead atoms. The van der Waals surface area contributed by atoms with Crippen molar-refractivity contribution in [1.29, 1.82) is 0 Å². The van der Waals surface area contributed by atoms with Gasteiger partial charge in [0.2, 0.25) is 0 Å². The molecule has 8 rings (SSSR count). The highest BCUT2D eigenvalue weighted by atomic mass is 16.3. The van der Waals surface area contributed by atoms with Gasteiger partial charge in [0.15, 0.2) is 0 Å². The molecule has 0 spiro atoms. The summed E-state index contributed by atoms with van der Waals surface area (Å²) in [5.74, 6) is -0.204. The predicted octanol–water partition coefficient (Wildman–Crippen LogP) is 7.76. The van der Waals surface area contributed by atoms with Crippen molar-refractivity contribution in [2.24, 2.45) is 7.05 Å². The third-order valence-electron chi connectivity index (χ3n) is 9.37. The molecule has 0 unspecified atom stereocenters. The van der Waals surface area contributed by atoms with Gasteiger partial charge in [-0.05, 0) is 85.1 Å². The van der Waals surface area contributed by atoms with Crippen LogP contribution in [0.15, 0.2) is 128 Å². The molecule has 2 amide bonds. The Bertz CT molecular complexity index is 2350. The number of phenols is 1. The van der Waals surface area contributed by atoms with Crippen LogP contribution in [0.25, 0.3) is 27.8 Å². The highest BCUT2D eigenvalue weighted by Crippen LogP contribution is 2.36. The zero-order valence-electron chi connectivity index (χ0n) is 26.6. The molecule has 0 aliphatic carbocycles. The van der Waals surface area contributed by atoms with Crippen LogP contribution in [0.5, 0.6) is 5.75 Å². The van der Waals surface area contributed by atoms with Crippen LogP contribution in [0.1, 0.15) is 38.8 Å². The van der Waals surface area contributed by atoms with Gasteiger partial charge in [0, 0.05) is 54.2 Å². The Morgan fingerprint density at radius 1 is 0.812 bits per heavy atom. The molecule has 8 heteroatoms. The molecular weight excluding hydrogens is 598 g/mol. The normalized spacial score (nSPS) is 14.3. The minimum Gasteiger partial charge on any atom is -0.508 e. The Balaban J connectivity index is 1.24. The molecule has 1 aliphatic heterocycles. The number of nitrogens with zero attached hydrogens (tertiary/aromatic N) is 5. The average Bonchev–Trinajstić information content (AvgIpc) is 3.69. The van der Waals surface area contributed by atoms with Gasteiger partial charge in [-0.15, -0.1) is 0 Å². The molecule has 236 valence electrons. The average molecular weight is 632 g/mol. The lowest BCUT2D eigenvalue weighted by molar-refractivity contribution is 0.0659. The number of anilines is 2. The molecular formula is C40H33N5O3. The first kappa shape index (κ1) is 29.3. The third-order valence-corrected chi connectivity index (χ3v) is 9.37. The topological polar surface area (TPSA) is 83.1 Å². The number of carbonyl (C=O) groups is 2. The number of pyridine rings is 2. The second-order valence-electron chi connectivity index (χ2n) is 12.4. The van der Waals surface area contributed by atoms with Crippen LogP contribution in [-0.4, -0.2) is 41.8 Å². The maximum atomic E-state index is 14.8. The van der Waals surface area contributed by atoms with Gasteiger partial charge in [0.25, 0.3) is 11.8 Å². The number of hydrogen-bond acceptors (Lipinski definition) is 4. The van der Waals surface area contributed by atoms with E-state index in [9.17, 15) is 14.7 Å². The summed E-state index contributed by atoms with van der Waals surface area (Å²) >= 11 is 0. The van der Waals surface area contributed by atoms with Crippen molar-refractivity contribution < 1.29 is 14.7 Å². The molecule has 5 heterocycles. The molecule has 1 aliphatic rings. The second-order valence-corrected chi connectivity index (χ2v) is 12.4. The Kier molecular flexibility index (Phi) is 7.06. The van der Waals surface area contributed by atoms with Gasteiger partial charge in [-0.2, -0.15) is 0 Å². The zero-order valence-corrected chi connectivity index (χ0v) is 26.6. The van der Waals surface area contributed by atoms with Crippen LogP contribution in [0, 0.1) is 0 Å². The van der Waals surface area contributed by atoms with Crippen molar-refractivity contribution in [3.8, 4) is 17.0 Å². The highest BCUT2D eigenvalue weighted by molar-refractivity contribution is 6.16. The van der Waals surface area contributed by atoms with E-state index in [0.717, 1.165) is 28.7 Å². The van der Waals surface area contributed by atoms with Crippen molar-refractivity contribution in [3.05, 3.63) is 150 Å². The highest BCUT2D eigenvalue weighted by Gasteiger charge is 2.30. The summed E-state index contributed by atoms with van der Waals surface area (Å²) in [6.45, 7) is 2.64. The van der Waals surface area contributed by atoms with Crippen molar-refractivity contribution in [1.82, 2.24) is 18.9 Å². The molecule has 1 atom stereocenters. The number of aromatic nitrogens is 3. The van der Waals surface area contributed by atoms with Crippen molar-refractivity contribution in [2.75, 3.05) is 4.90 Å². The fraction of sp³-hybridized carbons (Fsp3) is 0.125. The largest absolute Gasteiger partial charge is 0.508 e. The van der Waals surface area contributed by atoms with Crippen LogP contribution in [0.2, 0.25) is 0 Å². The van der Waals surface area contributed by atoms with Gasteiger partial charge in [0.05, 0.1) is 28.7 Å². The maximum absolute atomic E-state index is 14.8. The lowest BCUT2D eigenvalue weighted by Crippen LogP contribution is -2.42. The van der Waals surface area contributed by atoms with Crippen molar-refractivity contribution >= 4 is 39.7 Å². The fourth-order valence-electron chi connectivity index (χ4n) is 6.90. The van der Waals surface area contributed by atoms with Crippen LogP contribution >= 0.6 is 0 Å². The molecule has 0 saturated carbocycles. The first-order valence-corrected chi connectivity index (χ1v) is 16.0. The SMILES string of the molecule is C[C@@H]1Cc2ccccc2CN1C(=O)c1ccccc1-c1cc(C(=O)N(c2ccc(O)cc2)c2cnc3c(ccn3C)c2)c2ccccn12. The molecule has 1 N–H and O–H groups in total. The van der Waals surface area contributed by atoms with E-state index in [1.807, 2.05) is 106 Å². The number of amides is 2. The van der Waals surface area contributed by atoms with Crippen LogP contribution in [0.3, 0.4) is 0 Å². The van der Waals surface area contributed by atoms with Crippen molar-refractivity contribution in [3.63, 3.8) is 0 Å². The molecule has 0 radical (unpaired) electrons. The van der Waals surface area contributed by atoms with Gasteiger partial charge >= 0.3 is 0 Å². The smallest absolute Gasteiger partial charge is 0.265 e. The fourth-order valence-corrected chi connectivity index (χ4v) is 6.90. The Labute approximate surface area is 277 Å². The summed E-state index contributed by atoms with van der Waals surface area (Å²) in [5, 5.41) is 11.0. The summed E-state index contributed by atoms with van der Waals surface area (Å²) < 4.78 is 3.91. The monoisotopic (exact) mass is 631 g/mol. The standard InChI is InChI=1S/C40H33N5O3/c1-26-21-27-9-3-4-10-29(27)25-44(26)39(47)34-12-6-5-11-33(34)37-23-35(36-13-7-8-19-43(36)37)40(48)45(30-14-16-32(46)17-15-30)31-22-28-18-20-42(2)38(28)41-24-31/h3-20,22-24,26,46H,21,25H2,1-2H3/t26-/m1/s1. The van der Waals surface area contributed by atoms with Crippen LogP contribution in [-0.2, 0) is 20.0 Å². The number of carbonyl (C=O) groups excluding carboxylic acids is 2. The molecule has 0 saturated heterocycles. The molecule has 0 fully saturated rings. The summed E-state index contributed by atoms with van der Waals surface area (Å²) in [6.07, 6.45) is 6.35. The molecule has 4 aromatic heterocycles. The molecule has 3 aromatic carbocycles. The minimum atomic E-state index is -0.266. The Hall–Kier alpha value is -6.15. The van der Waals surface area contributed by atoms with E-state index in [0.29, 0.717) is 34.6 Å². The number of aromatic hydroxyl groups is 1. The summed E-state index contributed by atoms with van der Waals surface area (Å²) in [4.78, 5) is 37.3. The number of phenolic OH excluding ortho intramolecular Hbond substituents is 1. The number of rotatable bonds is 5. The predicted molar refractivity (Wildman–Crippen MR) is 188 cm³/mol. The van der Waals surface area contributed by atoms with Crippen LogP contribution in [0.4, 0.5) is 11.4 Å². The van der Waals surface area contributed by atoms with Gasteiger partial charge in [-0.25, -0.2) is 4.98 Å². The van der Waals surface area contributed by atoms with Crippen LogP contribution < -0.4 is 4.90 Å². The zero-order chi connectivity index (χ0) is 32.9. The number of benzene rings is 3. The van der Waals surface area contributed by atoms with Gasteiger partial charge < -0.3 is 19.0 Å². The van der Waals surface area contributed by atoms with Crippen molar-refractivity contribution in [2.45, 2.75) is 25.9 Å². The minimum absolute atomic E-state index is 0.0380. The van der Waals surface area contributed by atoms with Gasteiger partial charge in [0.1, 0.15) is 11.4 Å². The summed E-state index contributed by atoms with van der Waals surface area (Å²) in [5.41, 5.74) is 7.68. The maximum Gasteiger partial charge on any atom is 0.265 e. The van der Waals surface area contributed by atoms with E-state index >= 15 is 0 Å². The van der Waals surface area contributed by atoms with E-state index in [2.05, 4.69) is 24.0 Å². The lowest BCUT2D eigenvalue weighted by Gasteiger charge is -2.35. The third kappa shape index (κ3) is 4.89. The van der Waals surface area contributed by atoms with E-state index in [1.165, 1.54) is 11.1 Å². The lowest BCUT2D eigenvalue weighted by atomic mass is 9.93. The van der Waals surface area contributed by atoms with E-state index in [-0.39, 0.29) is 23.6 Å². The molecule has 7 aromatic rings. The Morgan fingerprint density at radius 3 is 2.40 bits per heavy atom. The van der Waals surface area contributed by atoms with E-state index < -0.39 is 0 Å². The number of fused-ring (bicyclic) bond motifs is 3. The summed E-state index contributed by atoms with van der Waals surface area (Å²) in [6, 6.07) is 34.1. The summed E-state index contributed by atoms with van der Waals surface area (Å²) in [7, 11) is 1.93. The van der Waals surface area contributed by atoms with E-state index in [4.69, 9.17) is 0 Å². The van der Waals surface area contributed by atoms with Gasteiger partial charge in [-0.3, -0.25) is 14.5 Å².